The molecule has 30 heavy (non-hydrogen) atoms. The molecule has 4 rings (SSSR count). The van der Waals surface area contributed by atoms with Crippen LogP contribution in [0.1, 0.15) is 36.6 Å². The fourth-order valence-corrected chi connectivity index (χ4v) is 4.63. The first kappa shape index (κ1) is 20.6. The average molecular weight is 424 g/mol. The number of rotatable bonds is 8. The molecular formula is C23H25N3O3S. The highest BCUT2D eigenvalue weighted by Gasteiger charge is 2.31. The zero-order valence-electron chi connectivity index (χ0n) is 17.1. The van der Waals surface area contributed by atoms with Gasteiger partial charge in [0.2, 0.25) is 5.91 Å². The van der Waals surface area contributed by atoms with Crippen LogP contribution >= 0.6 is 11.8 Å². The van der Waals surface area contributed by atoms with Gasteiger partial charge in [-0.2, -0.15) is 0 Å². The van der Waals surface area contributed by atoms with Crippen LogP contribution in [0.2, 0.25) is 0 Å². The molecule has 2 aromatic carbocycles. The zero-order valence-corrected chi connectivity index (χ0v) is 17.9. The van der Waals surface area contributed by atoms with Crippen LogP contribution in [0.4, 0.5) is 0 Å². The average Bonchev–Trinajstić information content (AvgIpc) is 3.57. The van der Waals surface area contributed by atoms with Gasteiger partial charge in [0, 0.05) is 13.2 Å². The highest BCUT2D eigenvalue weighted by Crippen LogP contribution is 2.36. The van der Waals surface area contributed by atoms with Crippen molar-refractivity contribution in [2.24, 2.45) is 0 Å². The molecule has 1 fully saturated rings. The third-order valence-corrected chi connectivity index (χ3v) is 6.33. The van der Waals surface area contributed by atoms with Gasteiger partial charge in [-0.15, -0.1) is 0 Å². The molecule has 1 heterocycles. The van der Waals surface area contributed by atoms with E-state index in [1.807, 2.05) is 55.5 Å². The molecule has 0 bridgehead atoms. The number of nitrogens with zero attached hydrogens (tertiary/aromatic N) is 2. The lowest BCUT2D eigenvalue weighted by molar-refractivity contribution is -0.120. The van der Waals surface area contributed by atoms with Crippen LogP contribution in [-0.4, -0.2) is 35.2 Å². The minimum atomic E-state index is -0.499. The highest BCUT2D eigenvalue weighted by molar-refractivity contribution is 8.00. The van der Waals surface area contributed by atoms with Gasteiger partial charge >= 0.3 is 0 Å². The Balaban J connectivity index is 1.79. The Morgan fingerprint density at radius 1 is 1.20 bits per heavy atom. The maximum Gasteiger partial charge on any atom is 0.262 e. The van der Waals surface area contributed by atoms with Crippen LogP contribution < -0.4 is 10.9 Å². The molecule has 2 atom stereocenters. The van der Waals surface area contributed by atoms with Crippen LogP contribution in [-0.2, 0) is 9.53 Å². The number of para-hydroxylation sites is 1. The summed E-state index contributed by atoms with van der Waals surface area (Å²) >= 11 is 1.31. The number of ether oxygens (including phenoxy) is 1. The van der Waals surface area contributed by atoms with E-state index in [1.165, 1.54) is 11.8 Å². The standard InChI is InChI=1S/C23H25N3O3S/c1-15(14-29-2)26-22(28)18-10-6-7-11-19(18)25-23(26)30-20(16-8-4-3-5-9-16)21(27)24-17-12-13-17/h3-11,15,17,20H,12-14H2,1-2H3,(H,24,27). The predicted molar refractivity (Wildman–Crippen MR) is 119 cm³/mol. The van der Waals surface area contributed by atoms with Crippen LogP contribution in [0.3, 0.4) is 0 Å². The smallest absolute Gasteiger partial charge is 0.262 e. The molecule has 1 saturated carbocycles. The predicted octanol–water partition coefficient (Wildman–Crippen LogP) is 3.72. The zero-order chi connectivity index (χ0) is 21.1. The van der Waals surface area contributed by atoms with E-state index in [-0.39, 0.29) is 23.6 Å². The molecule has 0 spiro atoms. The van der Waals surface area contributed by atoms with Crippen molar-refractivity contribution in [2.45, 2.75) is 42.3 Å². The van der Waals surface area contributed by atoms with Gasteiger partial charge in [-0.1, -0.05) is 54.2 Å². The number of thioether (sulfide) groups is 1. The second-order valence-corrected chi connectivity index (χ2v) is 8.65. The summed E-state index contributed by atoms with van der Waals surface area (Å²) < 4.78 is 6.95. The largest absolute Gasteiger partial charge is 0.383 e. The quantitative estimate of drug-likeness (QED) is 0.442. The number of aromatic nitrogens is 2. The van der Waals surface area contributed by atoms with Gasteiger partial charge in [-0.3, -0.25) is 14.2 Å². The second-order valence-electron chi connectivity index (χ2n) is 7.58. The molecule has 1 N–H and O–H groups in total. The van der Waals surface area contributed by atoms with E-state index in [1.54, 1.807) is 17.7 Å². The fourth-order valence-electron chi connectivity index (χ4n) is 3.42. The lowest BCUT2D eigenvalue weighted by Gasteiger charge is -2.22. The van der Waals surface area contributed by atoms with Gasteiger partial charge in [0.05, 0.1) is 23.6 Å². The van der Waals surface area contributed by atoms with Crippen molar-refractivity contribution >= 4 is 28.6 Å². The number of benzene rings is 2. The number of carbonyl (C=O) groups excluding carboxylic acids is 1. The molecule has 1 aliphatic rings. The monoisotopic (exact) mass is 423 g/mol. The van der Waals surface area contributed by atoms with E-state index in [0.29, 0.717) is 22.7 Å². The number of nitrogens with one attached hydrogen (secondary N) is 1. The second kappa shape index (κ2) is 9.02. The Labute approximate surface area is 179 Å². The number of hydrogen-bond acceptors (Lipinski definition) is 5. The maximum absolute atomic E-state index is 13.3. The van der Waals surface area contributed by atoms with Crippen molar-refractivity contribution in [3.05, 3.63) is 70.5 Å². The summed E-state index contributed by atoms with van der Waals surface area (Å²) in [4.78, 5) is 31.1. The summed E-state index contributed by atoms with van der Waals surface area (Å²) in [5.74, 6) is -0.0537. The van der Waals surface area contributed by atoms with Gasteiger partial charge in [0.1, 0.15) is 5.25 Å². The molecule has 3 aromatic rings. The number of amides is 1. The van der Waals surface area contributed by atoms with Gasteiger partial charge in [-0.25, -0.2) is 4.98 Å². The summed E-state index contributed by atoms with van der Waals surface area (Å²) in [6.07, 6.45) is 2.03. The van der Waals surface area contributed by atoms with Crippen LogP contribution in [0.25, 0.3) is 10.9 Å². The molecule has 1 amide bonds. The van der Waals surface area contributed by atoms with Crippen molar-refractivity contribution in [1.29, 1.82) is 0 Å². The maximum atomic E-state index is 13.3. The third kappa shape index (κ3) is 4.42. The molecule has 7 heteroatoms. The van der Waals surface area contributed by atoms with Crippen molar-refractivity contribution in [1.82, 2.24) is 14.9 Å². The van der Waals surface area contributed by atoms with Crippen molar-refractivity contribution in [3.8, 4) is 0 Å². The van der Waals surface area contributed by atoms with Crippen LogP contribution in [0, 0.1) is 0 Å². The fraction of sp³-hybridized carbons (Fsp3) is 0.348. The van der Waals surface area contributed by atoms with Gasteiger partial charge < -0.3 is 10.1 Å². The Morgan fingerprint density at radius 2 is 1.90 bits per heavy atom. The molecule has 6 nitrogen and oxygen atoms in total. The highest BCUT2D eigenvalue weighted by atomic mass is 32.2. The van der Waals surface area contributed by atoms with E-state index in [9.17, 15) is 9.59 Å². The van der Waals surface area contributed by atoms with E-state index < -0.39 is 5.25 Å². The molecule has 0 saturated heterocycles. The topological polar surface area (TPSA) is 73.2 Å². The molecule has 156 valence electrons. The third-order valence-electron chi connectivity index (χ3n) is 5.11. The summed E-state index contributed by atoms with van der Waals surface area (Å²) in [7, 11) is 1.61. The molecule has 0 radical (unpaired) electrons. The van der Waals surface area contributed by atoms with Crippen molar-refractivity contribution in [3.63, 3.8) is 0 Å². The Morgan fingerprint density at radius 3 is 2.60 bits per heavy atom. The lowest BCUT2D eigenvalue weighted by atomic mass is 10.1. The molecular weight excluding hydrogens is 398 g/mol. The van der Waals surface area contributed by atoms with Crippen molar-refractivity contribution in [2.75, 3.05) is 13.7 Å². The minimum absolute atomic E-state index is 0.0537. The minimum Gasteiger partial charge on any atom is -0.383 e. The Kier molecular flexibility index (Phi) is 6.20. The first-order valence-electron chi connectivity index (χ1n) is 10.1. The van der Waals surface area contributed by atoms with Gasteiger partial charge in [-0.05, 0) is 37.5 Å². The van der Waals surface area contributed by atoms with E-state index >= 15 is 0 Å². The normalized spacial score (nSPS) is 15.7. The Bertz CT molecular complexity index is 1100. The summed E-state index contributed by atoms with van der Waals surface area (Å²) in [6.45, 7) is 2.30. The first-order chi connectivity index (χ1) is 14.6. The van der Waals surface area contributed by atoms with E-state index in [0.717, 1.165) is 18.4 Å². The molecule has 1 aromatic heterocycles. The van der Waals surface area contributed by atoms with Crippen LogP contribution in [0.15, 0.2) is 64.5 Å². The van der Waals surface area contributed by atoms with E-state index in [4.69, 9.17) is 9.72 Å². The number of fused-ring (bicyclic) bond motifs is 1. The Hall–Kier alpha value is -2.64. The van der Waals surface area contributed by atoms with Gasteiger partial charge in [0.15, 0.2) is 5.16 Å². The number of hydrogen-bond donors (Lipinski definition) is 1. The molecule has 0 aliphatic heterocycles. The molecule has 2 unspecified atom stereocenters. The lowest BCUT2D eigenvalue weighted by Crippen LogP contribution is -2.32. The van der Waals surface area contributed by atoms with Crippen LogP contribution in [0.5, 0.6) is 0 Å². The summed E-state index contributed by atoms with van der Waals surface area (Å²) in [5, 5.41) is 3.67. The number of carbonyl (C=O) groups is 1. The number of methoxy groups -OCH3 is 1. The van der Waals surface area contributed by atoms with Crippen molar-refractivity contribution < 1.29 is 9.53 Å². The summed E-state index contributed by atoms with van der Waals surface area (Å²) in [5.41, 5.74) is 1.39. The van der Waals surface area contributed by atoms with Gasteiger partial charge in [0.25, 0.3) is 5.56 Å². The SMILES string of the molecule is COCC(C)n1c(SC(C(=O)NC2CC2)c2ccccc2)nc2ccccc2c1=O. The first-order valence-corrected chi connectivity index (χ1v) is 11.0. The molecule has 1 aliphatic carbocycles. The van der Waals surface area contributed by atoms with E-state index in [2.05, 4.69) is 5.32 Å². The summed E-state index contributed by atoms with van der Waals surface area (Å²) in [6, 6.07) is 17.0.